The molecule has 5 rings (SSSR count). The summed E-state index contributed by atoms with van der Waals surface area (Å²) in [5.74, 6) is -0.555. The van der Waals surface area contributed by atoms with E-state index in [0.29, 0.717) is 29.9 Å². The van der Waals surface area contributed by atoms with Crippen molar-refractivity contribution in [2.75, 3.05) is 32.1 Å². The summed E-state index contributed by atoms with van der Waals surface area (Å²) in [4.78, 5) is 55.7. The van der Waals surface area contributed by atoms with E-state index < -0.39 is 12.0 Å². The number of esters is 1. The zero-order valence-electron chi connectivity index (χ0n) is 19.1. The summed E-state index contributed by atoms with van der Waals surface area (Å²) >= 11 is 0. The molecule has 2 aromatic rings. The van der Waals surface area contributed by atoms with E-state index in [1.54, 1.807) is 34.9 Å². The maximum atomic E-state index is 13.2. The largest absolute Gasteiger partial charge is 0.465 e. The molecule has 5 amide bonds. The van der Waals surface area contributed by atoms with Crippen LogP contribution >= 0.6 is 0 Å². The number of carbonyl (C=O) groups excluding carboxylic acids is 4. The van der Waals surface area contributed by atoms with Gasteiger partial charge in [-0.3, -0.25) is 9.69 Å². The van der Waals surface area contributed by atoms with Gasteiger partial charge in [-0.1, -0.05) is 36.4 Å². The number of urea groups is 2. The minimum atomic E-state index is -0.675. The summed E-state index contributed by atoms with van der Waals surface area (Å²) < 4.78 is 4.79. The van der Waals surface area contributed by atoms with Crippen LogP contribution in [0.5, 0.6) is 0 Å². The zero-order chi connectivity index (χ0) is 24.0. The molecule has 0 radical (unpaired) electrons. The number of fused-ring (bicyclic) bond motifs is 1. The molecular weight excluding hydrogens is 436 g/mol. The smallest absolute Gasteiger partial charge is 0.338 e. The highest BCUT2D eigenvalue weighted by molar-refractivity contribution is 6.06. The predicted molar refractivity (Wildman–Crippen MR) is 123 cm³/mol. The third-order valence-corrected chi connectivity index (χ3v) is 6.94. The number of benzene rings is 2. The lowest BCUT2D eigenvalue weighted by atomic mass is 10.1. The third-order valence-electron chi connectivity index (χ3n) is 6.94. The maximum Gasteiger partial charge on any atom is 0.338 e. The van der Waals surface area contributed by atoms with Gasteiger partial charge in [0.2, 0.25) is 0 Å². The molecule has 1 N–H and O–H groups in total. The number of anilines is 1. The number of methoxy groups -OCH3 is 1. The molecule has 176 valence electrons. The Balaban J connectivity index is 1.26. The molecule has 3 fully saturated rings. The summed E-state index contributed by atoms with van der Waals surface area (Å²) in [5, 5.41) is 2.83. The molecule has 2 saturated heterocycles. The molecule has 34 heavy (non-hydrogen) atoms. The minimum Gasteiger partial charge on any atom is -0.465 e. The Morgan fingerprint density at radius 2 is 1.79 bits per heavy atom. The predicted octanol–water partition coefficient (Wildman–Crippen LogP) is 2.82. The van der Waals surface area contributed by atoms with Gasteiger partial charge in [-0.15, -0.1) is 0 Å². The second kappa shape index (κ2) is 8.48. The number of hydrogen-bond donors (Lipinski definition) is 1. The fourth-order valence-corrected chi connectivity index (χ4v) is 4.93. The van der Waals surface area contributed by atoms with E-state index in [0.717, 1.165) is 12.0 Å². The molecule has 0 bridgehead atoms. The van der Waals surface area contributed by atoms with Gasteiger partial charge in [0, 0.05) is 30.7 Å². The van der Waals surface area contributed by atoms with E-state index in [-0.39, 0.29) is 36.5 Å². The summed E-state index contributed by atoms with van der Waals surface area (Å²) in [7, 11) is 1.30. The van der Waals surface area contributed by atoms with E-state index in [2.05, 4.69) is 5.32 Å². The van der Waals surface area contributed by atoms with Gasteiger partial charge in [0.25, 0.3) is 5.91 Å². The summed E-state index contributed by atoms with van der Waals surface area (Å²) in [6.07, 6.45) is 0.766. The maximum absolute atomic E-state index is 13.2. The topological polar surface area (TPSA) is 99.3 Å². The monoisotopic (exact) mass is 462 g/mol. The highest BCUT2D eigenvalue weighted by Gasteiger charge is 2.56. The van der Waals surface area contributed by atoms with Crippen LogP contribution in [-0.2, 0) is 9.53 Å². The molecule has 1 aliphatic carbocycles. The first-order valence-corrected chi connectivity index (χ1v) is 11.3. The van der Waals surface area contributed by atoms with Crippen LogP contribution in [0.2, 0.25) is 0 Å². The van der Waals surface area contributed by atoms with Gasteiger partial charge in [-0.25, -0.2) is 14.4 Å². The minimum absolute atomic E-state index is 0.126. The zero-order valence-corrected chi connectivity index (χ0v) is 19.1. The number of nitrogens with one attached hydrogen (secondary N) is 1. The molecule has 3 atom stereocenters. The standard InChI is InChI=1S/C25H26N4O5/c1-15-17(23(31)34-2)9-6-10-19(15)26-24(32)27-11-12-28-21(14-27)22(30)29(25(28)33)20-13-18(20)16-7-4-3-5-8-16/h3-10,18,20-21H,11-14H2,1-2H3,(H,26,32). The molecule has 0 spiro atoms. The van der Waals surface area contributed by atoms with Crippen molar-refractivity contribution in [2.45, 2.75) is 31.3 Å². The Bertz CT molecular complexity index is 1170. The molecule has 9 heteroatoms. The van der Waals surface area contributed by atoms with Gasteiger partial charge in [-0.05, 0) is 36.6 Å². The molecule has 0 aromatic heterocycles. The molecule has 3 aliphatic rings. The van der Waals surface area contributed by atoms with Gasteiger partial charge >= 0.3 is 18.0 Å². The lowest BCUT2D eigenvalue weighted by Crippen LogP contribution is -2.55. The van der Waals surface area contributed by atoms with Crippen molar-refractivity contribution in [3.8, 4) is 0 Å². The Morgan fingerprint density at radius 3 is 2.53 bits per heavy atom. The molecule has 2 aliphatic heterocycles. The van der Waals surface area contributed by atoms with Crippen LogP contribution in [0.25, 0.3) is 0 Å². The van der Waals surface area contributed by atoms with Gasteiger partial charge < -0.3 is 19.9 Å². The number of hydrogen-bond acceptors (Lipinski definition) is 5. The second-order valence-electron chi connectivity index (χ2n) is 8.87. The van der Waals surface area contributed by atoms with Crippen molar-refractivity contribution in [3.63, 3.8) is 0 Å². The Kier molecular flexibility index (Phi) is 5.47. The van der Waals surface area contributed by atoms with Crippen molar-refractivity contribution >= 4 is 29.6 Å². The second-order valence-corrected chi connectivity index (χ2v) is 8.87. The first kappa shape index (κ1) is 21.9. The van der Waals surface area contributed by atoms with Crippen LogP contribution in [0.4, 0.5) is 15.3 Å². The van der Waals surface area contributed by atoms with Crippen molar-refractivity contribution in [1.29, 1.82) is 0 Å². The number of ether oxygens (including phenoxy) is 1. The molecule has 1 saturated carbocycles. The van der Waals surface area contributed by atoms with E-state index in [1.807, 2.05) is 30.3 Å². The quantitative estimate of drug-likeness (QED) is 0.557. The van der Waals surface area contributed by atoms with Crippen LogP contribution in [-0.4, -0.2) is 77.5 Å². The van der Waals surface area contributed by atoms with Crippen molar-refractivity contribution in [2.24, 2.45) is 0 Å². The third kappa shape index (κ3) is 3.67. The summed E-state index contributed by atoms with van der Waals surface area (Å²) in [5.41, 5.74) is 2.59. The Hall–Kier alpha value is -3.88. The van der Waals surface area contributed by atoms with Crippen LogP contribution in [0.1, 0.15) is 33.8 Å². The Morgan fingerprint density at radius 1 is 1.03 bits per heavy atom. The number of carbonyl (C=O) groups is 4. The van der Waals surface area contributed by atoms with Gasteiger partial charge in [0.1, 0.15) is 6.04 Å². The number of rotatable bonds is 4. The van der Waals surface area contributed by atoms with Crippen LogP contribution in [0.3, 0.4) is 0 Å². The fourth-order valence-electron chi connectivity index (χ4n) is 4.93. The number of amides is 5. The number of nitrogens with zero attached hydrogens (tertiary/aromatic N) is 3. The van der Waals surface area contributed by atoms with Crippen LogP contribution in [0.15, 0.2) is 48.5 Å². The average molecular weight is 463 g/mol. The average Bonchev–Trinajstić information content (AvgIpc) is 3.60. The normalized spacial score (nSPS) is 23.6. The van der Waals surface area contributed by atoms with E-state index in [9.17, 15) is 19.2 Å². The van der Waals surface area contributed by atoms with Gasteiger partial charge in [0.15, 0.2) is 0 Å². The first-order valence-electron chi connectivity index (χ1n) is 11.3. The summed E-state index contributed by atoms with van der Waals surface area (Å²) in [6, 6.07) is 13.5. The number of imide groups is 1. The fraction of sp³-hybridized carbons (Fsp3) is 0.360. The molecule has 3 unspecified atom stereocenters. The molecule has 2 aromatic carbocycles. The van der Waals surface area contributed by atoms with Gasteiger partial charge in [-0.2, -0.15) is 0 Å². The highest BCUT2D eigenvalue weighted by atomic mass is 16.5. The number of piperazine rings is 1. The highest BCUT2D eigenvalue weighted by Crippen LogP contribution is 2.46. The van der Waals surface area contributed by atoms with Crippen LogP contribution < -0.4 is 5.32 Å². The molecular formula is C25H26N4O5. The van der Waals surface area contributed by atoms with E-state index in [1.165, 1.54) is 12.0 Å². The molecule has 2 heterocycles. The van der Waals surface area contributed by atoms with E-state index >= 15 is 0 Å². The van der Waals surface area contributed by atoms with Crippen molar-refractivity contribution in [1.82, 2.24) is 14.7 Å². The van der Waals surface area contributed by atoms with Gasteiger partial charge in [0.05, 0.1) is 19.2 Å². The van der Waals surface area contributed by atoms with Crippen LogP contribution in [0, 0.1) is 6.92 Å². The lowest BCUT2D eigenvalue weighted by molar-refractivity contribution is -0.129. The van der Waals surface area contributed by atoms with E-state index in [4.69, 9.17) is 4.74 Å². The summed E-state index contributed by atoms with van der Waals surface area (Å²) in [6.45, 7) is 2.47. The van der Waals surface area contributed by atoms with Crippen molar-refractivity contribution in [3.05, 3.63) is 65.2 Å². The van der Waals surface area contributed by atoms with Crippen molar-refractivity contribution < 1.29 is 23.9 Å². The first-order chi connectivity index (χ1) is 16.4. The molecule has 9 nitrogen and oxygen atoms in total. The Labute approximate surface area is 197 Å². The SMILES string of the molecule is COC(=O)c1cccc(NC(=O)N2CCN3C(=O)N(C4CC4c4ccccc4)C(=O)C3C2)c1C. The lowest BCUT2D eigenvalue weighted by Gasteiger charge is -2.35.